The molecule has 0 radical (unpaired) electrons. The zero-order valence-electron chi connectivity index (χ0n) is 28.0. The average Bonchev–Trinajstić information content (AvgIpc) is 3.71. The monoisotopic (exact) mass is 772 g/mol. The van der Waals surface area contributed by atoms with E-state index in [0.29, 0.717) is 36.2 Å². The third kappa shape index (κ3) is 8.48. The number of hydrogen-bond donors (Lipinski definition) is 4. The fourth-order valence-electron chi connectivity index (χ4n) is 6.16. The summed E-state index contributed by atoms with van der Waals surface area (Å²) in [6.07, 6.45) is 1.37. The maximum Gasteiger partial charge on any atom is 1.00 e. The van der Waals surface area contributed by atoms with Crippen molar-refractivity contribution in [3.63, 3.8) is 0 Å². The summed E-state index contributed by atoms with van der Waals surface area (Å²) in [5, 5.41) is 50.6. The Bertz CT molecular complexity index is 1810. The van der Waals surface area contributed by atoms with E-state index in [9.17, 15) is 44.4 Å². The number of halogens is 1. The van der Waals surface area contributed by atoms with E-state index in [4.69, 9.17) is 22.2 Å². The van der Waals surface area contributed by atoms with Crippen molar-refractivity contribution in [3.05, 3.63) is 45.1 Å². The van der Waals surface area contributed by atoms with E-state index in [2.05, 4.69) is 15.5 Å². The number of carbonyl (C=O) groups excluding carboxylic acids is 5. The van der Waals surface area contributed by atoms with Crippen LogP contribution < -0.4 is 50.8 Å². The molecule has 2 atom stereocenters. The third-order valence-electron chi connectivity index (χ3n) is 8.89. The predicted octanol–water partition coefficient (Wildman–Crippen LogP) is -3.42. The second-order valence-corrected chi connectivity index (χ2v) is 15.1. The number of nitrogens with zero attached hydrogens (tertiary/aromatic N) is 4. The molecule has 0 saturated carbocycles. The molecule has 51 heavy (non-hydrogen) atoms. The molecule has 0 aliphatic carbocycles. The number of phenolic OH excluding ortho intramolecular Hbond substituents is 2. The van der Waals surface area contributed by atoms with Crippen LogP contribution in [0.2, 0.25) is 5.02 Å². The first-order chi connectivity index (χ1) is 23.5. The number of phenols is 2. The van der Waals surface area contributed by atoms with E-state index in [1.807, 2.05) is 0 Å². The van der Waals surface area contributed by atoms with Crippen LogP contribution >= 0.6 is 34.7 Å². The quantitative estimate of drug-likeness (QED) is 0.0365. The number of amides is 2. The topological polar surface area (TPSA) is 248 Å². The number of carbonyl (C=O) groups is 5. The van der Waals surface area contributed by atoms with Crippen molar-refractivity contribution in [1.29, 1.82) is 0 Å². The molecular formula is C31H34ClN6NaO10S2. The molecule has 16 nitrogen and oxygen atoms in total. The molecule has 2 aromatic rings. The fourth-order valence-corrected chi connectivity index (χ4v) is 8.36. The van der Waals surface area contributed by atoms with Crippen LogP contribution in [-0.2, 0) is 24.0 Å². The Labute approximate surface area is 327 Å². The van der Waals surface area contributed by atoms with Crippen LogP contribution in [0, 0.1) is 5.92 Å². The number of aliphatic carboxylic acids is 2. The largest absolute Gasteiger partial charge is 1.00 e. The number of aromatic hydroxyl groups is 2. The maximum absolute atomic E-state index is 13.5. The van der Waals surface area contributed by atoms with Gasteiger partial charge >= 0.3 is 29.6 Å². The first-order valence-electron chi connectivity index (χ1n) is 15.5. The van der Waals surface area contributed by atoms with Gasteiger partial charge in [-0.2, -0.15) is 0 Å². The molecule has 5 rings (SSSR count). The normalized spacial score (nSPS) is 19.9. The predicted molar refractivity (Wildman–Crippen MR) is 178 cm³/mol. The first kappa shape index (κ1) is 40.4. The van der Waals surface area contributed by atoms with Crippen LogP contribution in [0.4, 0.5) is 5.13 Å². The molecule has 2 amide bonds. The number of ketones is 1. The van der Waals surface area contributed by atoms with Gasteiger partial charge in [-0.25, -0.2) is 4.98 Å². The number of Topliss-reactive ketones (excluding diaryl/α,β-unsaturated/α-hetero) is 1. The number of benzene rings is 1. The first-order valence-corrected chi connectivity index (χ1v) is 17.8. The van der Waals surface area contributed by atoms with Gasteiger partial charge in [-0.15, -0.1) is 23.1 Å². The van der Waals surface area contributed by atoms with Crippen LogP contribution in [0.5, 0.6) is 11.5 Å². The minimum atomic E-state index is -1.88. The van der Waals surface area contributed by atoms with Gasteiger partial charge in [-0.3, -0.25) is 19.3 Å². The van der Waals surface area contributed by atoms with E-state index < -0.39 is 57.9 Å². The minimum absolute atomic E-state index is 0. The number of hydrogen-bond acceptors (Lipinski definition) is 15. The van der Waals surface area contributed by atoms with Gasteiger partial charge in [0, 0.05) is 36.0 Å². The Balaban J connectivity index is 0.00000583. The molecule has 1 aromatic carbocycles. The Morgan fingerprint density at radius 1 is 1.22 bits per heavy atom. The zero-order valence-corrected chi connectivity index (χ0v) is 32.4. The van der Waals surface area contributed by atoms with Gasteiger partial charge in [0.15, 0.2) is 33.7 Å². The Kier molecular flexibility index (Phi) is 12.7. The molecular weight excluding hydrogens is 739 g/mol. The number of likely N-dealkylation sites (tertiary alicyclic amines) is 1. The number of thioether (sulfide) groups is 1. The van der Waals surface area contributed by atoms with E-state index in [1.54, 1.807) is 0 Å². The molecule has 2 fully saturated rings. The van der Waals surface area contributed by atoms with Gasteiger partial charge in [-0.1, -0.05) is 16.8 Å². The van der Waals surface area contributed by atoms with Crippen LogP contribution in [0.15, 0.2) is 33.9 Å². The molecule has 5 N–H and O–H groups in total. The van der Waals surface area contributed by atoms with E-state index in [-0.39, 0.29) is 81.1 Å². The molecule has 3 aliphatic rings. The van der Waals surface area contributed by atoms with Crippen molar-refractivity contribution in [2.24, 2.45) is 11.1 Å². The summed E-state index contributed by atoms with van der Waals surface area (Å²) in [4.78, 5) is 74.0. The second-order valence-electron chi connectivity index (χ2n) is 12.7. The van der Waals surface area contributed by atoms with Gasteiger partial charge in [-0.05, 0) is 26.0 Å². The number of nitrogens with two attached hydrogens (primary N) is 1. The zero-order chi connectivity index (χ0) is 36.5. The number of quaternary nitrogens is 1. The standard InChI is InChI=1S/C31H35ClN6O10S2.Na/c1-31(2,29(46)47)48-36-22(18-14-50-30(33)35-18)20(40)11-17-26(43)37-23(28(44)45)15(13-49-27(17)37)12-38(8-3-4-9-38)10-7-34-25(42)16-5-6-19(39)24(41)21(16)32;/h5-6,14,17,27H,3-4,7-13H2,1-2H3,(H6-,33,34,35,36,39,40,41,42,44,45,46,47);/q;+1/p-1/t17-,27-;/m1./s1. The Morgan fingerprint density at radius 2 is 1.90 bits per heavy atom. The van der Waals surface area contributed by atoms with Crippen molar-refractivity contribution >= 4 is 75.1 Å². The second kappa shape index (κ2) is 16.1. The van der Waals surface area contributed by atoms with Crippen molar-refractivity contribution < 1.29 is 83.3 Å². The van der Waals surface area contributed by atoms with Crippen LogP contribution in [0.1, 0.15) is 49.2 Å². The average molecular weight is 773 g/mol. The molecule has 3 aliphatic heterocycles. The summed E-state index contributed by atoms with van der Waals surface area (Å²) in [5.41, 5.74) is 3.78. The molecule has 0 bridgehead atoms. The van der Waals surface area contributed by atoms with Gasteiger partial charge in [0.05, 0.1) is 65.7 Å². The number of fused-ring (bicyclic) bond motifs is 1. The van der Waals surface area contributed by atoms with Crippen molar-refractivity contribution in [3.8, 4) is 11.5 Å². The molecule has 0 unspecified atom stereocenters. The van der Waals surface area contributed by atoms with Gasteiger partial charge < -0.3 is 50.4 Å². The third-order valence-corrected chi connectivity index (χ3v) is 11.3. The van der Waals surface area contributed by atoms with Gasteiger partial charge in [0.1, 0.15) is 12.2 Å². The number of nitrogen functional groups attached to an aromatic ring is 1. The summed E-state index contributed by atoms with van der Waals surface area (Å²) in [6, 6.07) is 2.45. The molecule has 20 heteroatoms. The SMILES string of the molecule is CC(C)(O/N=C(\C(=O)C[C@@H]1C(=O)N2C(C(=O)[O-])=C(C[N+]3(CCNC(=O)c4ccc(O)c(O)c4Cl)CCCC3)CS[C@H]12)c1csc(N)n1)C(=O)[O-].[Na+]. The molecule has 1 aromatic heterocycles. The summed E-state index contributed by atoms with van der Waals surface area (Å²) < 4.78 is 0.453. The van der Waals surface area contributed by atoms with Crippen LogP contribution in [0.25, 0.3) is 0 Å². The summed E-state index contributed by atoms with van der Waals surface area (Å²) in [7, 11) is 0. The van der Waals surface area contributed by atoms with E-state index >= 15 is 0 Å². The number of oxime groups is 1. The number of thiazole rings is 1. The number of aromatic nitrogens is 1. The molecule has 0 spiro atoms. The maximum atomic E-state index is 13.5. The molecule has 4 heterocycles. The number of nitrogens with one attached hydrogen (secondary N) is 1. The van der Waals surface area contributed by atoms with Gasteiger partial charge in [0.25, 0.3) is 5.91 Å². The molecule has 268 valence electrons. The van der Waals surface area contributed by atoms with Crippen molar-refractivity contribution in [2.75, 3.05) is 44.2 Å². The number of anilines is 1. The summed E-state index contributed by atoms with van der Waals surface area (Å²) >= 11 is 8.36. The van der Waals surface area contributed by atoms with Gasteiger partial charge in [0.2, 0.25) is 5.91 Å². The molecule has 2 saturated heterocycles. The Hall–Kier alpha value is -3.39. The number of carboxylic acids is 2. The van der Waals surface area contributed by atoms with E-state index in [1.165, 1.54) is 37.1 Å². The summed E-state index contributed by atoms with van der Waals surface area (Å²) in [6.45, 7) is 4.72. The number of rotatable bonds is 14. The fraction of sp³-hybridized carbons (Fsp3) is 0.452. The van der Waals surface area contributed by atoms with Crippen LogP contribution in [-0.4, -0.2) is 109 Å². The minimum Gasteiger partial charge on any atom is -0.546 e. The smallest absolute Gasteiger partial charge is 0.546 e. The summed E-state index contributed by atoms with van der Waals surface area (Å²) in [5.74, 6) is -6.63. The van der Waals surface area contributed by atoms with Crippen molar-refractivity contribution in [1.82, 2.24) is 15.2 Å². The number of β-lactam (4-membered cyclic amide) rings is 1. The van der Waals surface area contributed by atoms with Crippen molar-refractivity contribution in [2.45, 2.75) is 44.1 Å². The number of carboxylic acid groups (broad SMARTS) is 2. The van der Waals surface area contributed by atoms with Crippen LogP contribution in [0.3, 0.4) is 0 Å². The Morgan fingerprint density at radius 3 is 2.51 bits per heavy atom. The van der Waals surface area contributed by atoms with E-state index in [0.717, 1.165) is 35.1 Å².